The summed E-state index contributed by atoms with van der Waals surface area (Å²) in [5.41, 5.74) is 7.09. The Morgan fingerprint density at radius 2 is 2.26 bits per heavy atom. The predicted octanol–water partition coefficient (Wildman–Crippen LogP) is 2.84. The van der Waals surface area contributed by atoms with Gasteiger partial charge in [-0.25, -0.2) is 9.37 Å². The Hall–Kier alpha value is -1.33. The molecule has 1 aliphatic rings. The molecule has 0 amide bonds. The maximum atomic E-state index is 13.3. The van der Waals surface area contributed by atoms with Gasteiger partial charge < -0.3 is 15.0 Å². The lowest BCUT2D eigenvalue weighted by Gasteiger charge is -2.07. The van der Waals surface area contributed by atoms with Gasteiger partial charge in [-0.05, 0) is 24.8 Å². The van der Waals surface area contributed by atoms with Gasteiger partial charge in [0.15, 0.2) is 0 Å². The van der Waals surface area contributed by atoms with Crippen LogP contribution in [0.4, 0.5) is 10.3 Å². The van der Waals surface area contributed by atoms with Crippen molar-refractivity contribution in [1.29, 1.82) is 0 Å². The smallest absolute Gasteiger partial charge is 0.201 e. The van der Waals surface area contributed by atoms with E-state index in [1.807, 2.05) is 0 Å². The molecule has 1 saturated carbocycles. The molecule has 0 atom stereocenters. The van der Waals surface area contributed by atoms with Crippen LogP contribution in [0.1, 0.15) is 12.8 Å². The Balaban J connectivity index is 1.76. The van der Waals surface area contributed by atoms with Gasteiger partial charge in [-0.1, -0.05) is 11.6 Å². The number of anilines is 1. The first-order valence-electron chi connectivity index (χ1n) is 6.33. The van der Waals surface area contributed by atoms with Gasteiger partial charge in [0.1, 0.15) is 5.82 Å². The molecule has 1 aromatic carbocycles. The molecule has 1 heterocycles. The van der Waals surface area contributed by atoms with Crippen molar-refractivity contribution in [2.24, 2.45) is 5.92 Å². The fourth-order valence-corrected chi connectivity index (χ4v) is 2.22. The van der Waals surface area contributed by atoms with E-state index in [2.05, 4.69) is 4.98 Å². The van der Waals surface area contributed by atoms with Crippen LogP contribution in [0.2, 0.25) is 5.02 Å². The fourth-order valence-electron chi connectivity index (χ4n) is 2.06. The molecule has 2 aromatic rings. The molecule has 102 valence electrons. The largest absolute Gasteiger partial charge is 0.379 e. The number of hydrogen-bond acceptors (Lipinski definition) is 3. The predicted molar refractivity (Wildman–Crippen MR) is 72.7 cm³/mol. The molecule has 4 nitrogen and oxygen atoms in total. The number of ether oxygens (including phenoxy) is 1. The molecule has 6 heteroatoms. The van der Waals surface area contributed by atoms with Crippen molar-refractivity contribution in [2.45, 2.75) is 19.4 Å². The van der Waals surface area contributed by atoms with Gasteiger partial charge in [-0.2, -0.15) is 0 Å². The van der Waals surface area contributed by atoms with E-state index in [1.54, 1.807) is 10.6 Å². The summed E-state index contributed by atoms with van der Waals surface area (Å²) in [6.45, 7) is 1.97. The first-order chi connectivity index (χ1) is 9.15. The molecule has 1 fully saturated rings. The molecule has 3 rings (SSSR count). The topological polar surface area (TPSA) is 53.1 Å². The molecule has 0 aliphatic heterocycles. The Bertz CT molecular complexity index is 609. The number of rotatable bonds is 5. The van der Waals surface area contributed by atoms with Crippen molar-refractivity contribution in [3.63, 3.8) is 0 Å². The number of aromatic nitrogens is 2. The summed E-state index contributed by atoms with van der Waals surface area (Å²) in [4.78, 5) is 4.13. The van der Waals surface area contributed by atoms with Gasteiger partial charge in [-0.3, -0.25) is 0 Å². The number of imidazole rings is 1. The second kappa shape index (κ2) is 4.98. The molecule has 0 radical (unpaired) electrons. The zero-order valence-corrected chi connectivity index (χ0v) is 11.2. The third-order valence-corrected chi connectivity index (χ3v) is 3.62. The van der Waals surface area contributed by atoms with Crippen LogP contribution in [-0.4, -0.2) is 22.8 Å². The Morgan fingerprint density at radius 1 is 1.47 bits per heavy atom. The molecule has 1 aromatic heterocycles. The van der Waals surface area contributed by atoms with Crippen LogP contribution in [0.5, 0.6) is 0 Å². The summed E-state index contributed by atoms with van der Waals surface area (Å²) in [6.07, 6.45) is 2.54. The van der Waals surface area contributed by atoms with Crippen molar-refractivity contribution in [1.82, 2.24) is 9.55 Å². The minimum atomic E-state index is -0.483. The van der Waals surface area contributed by atoms with Crippen molar-refractivity contribution in [2.75, 3.05) is 18.9 Å². The summed E-state index contributed by atoms with van der Waals surface area (Å²) >= 11 is 5.79. The van der Waals surface area contributed by atoms with Crippen LogP contribution in [0.25, 0.3) is 11.0 Å². The number of nitrogens with two attached hydrogens (primary N) is 1. The normalized spacial score (nSPS) is 15.3. The molecule has 0 unspecified atom stereocenters. The number of hydrogen-bond donors (Lipinski definition) is 1. The first-order valence-corrected chi connectivity index (χ1v) is 6.71. The van der Waals surface area contributed by atoms with Crippen LogP contribution in [0.3, 0.4) is 0 Å². The molecular weight excluding hydrogens is 269 g/mol. The third kappa shape index (κ3) is 2.67. The van der Waals surface area contributed by atoms with E-state index >= 15 is 0 Å². The second-order valence-corrected chi connectivity index (χ2v) is 5.30. The van der Waals surface area contributed by atoms with E-state index in [-0.39, 0.29) is 5.02 Å². The van der Waals surface area contributed by atoms with Crippen LogP contribution < -0.4 is 5.73 Å². The minimum absolute atomic E-state index is 0.0764. The van der Waals surface area contributed by atoms with Gasteiger partial charge in [0.2, 0.25) is 5.95 Å². The SMILES string of the molecule is Nc1nc2cc(F)c(Cl)cc2n1CCOCC1CC1. The monoisotopic (exact) mass is 283 g/mol. The fraction of sp³-hybridized carbons (Fsp3) is 0.462. The molecule has 0 saturated heterocycles. The maximum Gasteiger partial charge on any atom is 0.201 e. The van der Waals surface area contributed by atoms with E-state index in [4.69, 9.17) is 22.1 Å². The van der Waals surface area contributed by atoms with E-state index in [9.17, 15) is 4.39 Å². The second-order valence-electron chi connectivity index (χ2n) is 4.89. The highest BCUT2D eigenvalue weighted by molar-refractivity contribution is 6.31. The van der Waals surface area contributed by atoms with Crippen LogP contribution >= 0.6 is 11.6 Å². The summed E-state index contributed by atoms with van der Waals surface area (Å²) in [5, 5.41) is 0.0764. The van der Waals surface area contributed by atoms with Crippen molar-refractivity contribution < 1.29 is 9.13 Å². The Labute approximate surface area is 115 Å². The van der Waals surface area contributed by atoms with E-state index in [1.165, 1.54) is 18.9 Å². The number of halogens is 2. The van der Waals surface area contributed by atoms with Crippen LogP contribution in [0, 0.1) is 11.7 Å². The lowest BCUT2D eigenvalue weighted by atomic mass is 10.3. The zero-order chi connectivity index (χ0) is 13.4. The van der Waals surface area contributed by atoms with Gasteiger partial charge >= 0.3 is 0 Å². The lowest BCUT2D eigenvalue weighted by Crippen LogP contribution is -2.10. The van der Waals surface area contributed by atoms with Crippen molar-refractivity contribution >= 4 is 28.6 Å². The Morgan fingerprint density at radius 3 is 3.00 bits per heavy atom. The Kier molecular flexibility index (Phi) is 3.33. The van der Waals surface area contributed by atoms with Gasteiger partial charge in [-0.15, -0.1) is 0 Å². The number of nitrogens with zero attached hydrogens (tertiary/aromatic N) is 2. The number of nitrogen functional groups attached to an aromatic ring is 1. The average Bonchev–Trinajstić information content (AvgIpc) is 3.13. The summed E-state index contributed by atoms with van der Waals surface area (Å²) in [6, 6.07) is 2.85. The van der Waals surface area contributed by atoms with Crippen molar-refractivity contribution in [3.8, 4) is 0 Å². The number of fused-ring (bicyclic) bond motifs is 1. The molecule has 2 N–H and O–H groups in total. The van der Waals surface area contributed by atoms with Crippen molar-refractivity contribution in [3.05, 3.63) is 23.0 Å². The molecular formula is C13H15ClFN3O. The molecule has 1 aliphatic carbocycles. The van der Waals surface area contributed by atoms with Crippen LogP contribution in [-0.2, 0) is 11.3 Å². The quantitative estimate of drug-likeness (QED) is 0.859. The van der Waals surface area contributed by atoms with E-state index in [0.29, 0.717) is 24.6 Å². The highest BCUT2D eigenvalue weighted by Gasteiger charge is 2.21. The van der Waals surface area contributed by atoms with Gasteiger partial charge in [0.05, 0.1) is 22.7 Å². The van der Waals surface area contributed by atoms with E-state index in [0.717, 1.165) is 18.0 Å². The first kappa shape index (κ1) is 12.7. The average molecular weight is 284 g/mol. The maximum absolute atomic E-state index is 13.3. The summed E-state index contributed by atoms with van der Waals surface area (Å²) in [5.74, 6) is 0.607. The van der Waals surface area contributed by atoms with Crippen LogP contribution in [0.15, 0.2) is 12.1 Å². The summed E-state index contributed by atoms with van der Waals surface area (Å²) < 4.78 is 20.7. The zero-order valence-electron chi connectivity index (χ0n) is 10.4. The molecule has 0 bridgehead atoms. The third-order valence-electron chi connectivity index (χ3n) is 3.33. The standard InChI is InChI=1S/C13H15ClFN3O/c14-9-5-12-11(6-10(9)15)17-13(16)18(12)3-4-19-7-8-1-2-8/h5-6,8H,1-4,7H2,(H2,16,17). The number of benzene rings is 1. The highest BCUT2D eigenvalue weighted by Crippen LogP contribution is 2.29. The minimum Gasteiger partial charge on any atom is -0.379 e. The highest BCUT2D eigenvalue weighted by atomic mass is 35.5. The lowest BCUT2D eigenvalue weighted by molar-refractivity contribution is 0.118. The molecule has 0 spiro atoms. The van der Waals surface area contributed by atoms with E-state index < -0.39 is 5.82 Å². The van der Waals surface area contributed by atoms with Gasteiger partial charge in [0, 0.05) is 19.2 Å². The summed E-state index contributed by atoms with van der Waals surface area (Å²) in [7, 11) is 0. The molecule has 19 heavy (non-hydrogen) atoms. The van der Waals surface area contributed by atoms with Gasteiger partial charge in [0.25, 0.3) is 0 Å².